The molecule has 0 aliphatic carbocycles. The number of anilines is 1. The number of nitrogens with one attached hydrogen (secondary N) is 1. The third kappa shape index (κ3) is 4.17. The Morgan fingerprint density at radius 3 is 2.71 bits per heavy atom. The van der Waals surface area contributed by atoms with Crippen LogP contribution in [0.1, 0.15) is 12.5 Å². The molecule has 1 heterocycles. The summed E-state index contributed by atoms with van der Waals surface area (Å²) in [6.07, 6.45) is 0. The lowest BCUT2D eigenvalue weighted by Gasteiger charge is -2.14. The van der Waals surface area contributed by atoms with Crippen molar-refractivity contribution in [3.05, 3.63) is 53.8 Å². The van der Waals surface area contributed by atoms with Crippen molar-refractivity contribution < 1.29 is 13.9 Å². The van der Waals surface area contributed by atoms with Crippen molar-refractivity contribution in [1.82, 2.24) is 14.8 Å². The summed E-state index contributed by atoms with van der Waals surface area (Å²) in [5.41, 5.74) is 2.00. The van der Waals surface area contributed by atoms with Gasteiger partial charge in [0, 0.05) is 7.05 Å². The number of hydrogen-bond donors (Lipinski definition) is 1. The molecule has 0 saturated carbocycles. The van der Waals surface area contributed by atoms with Crippen LogP contribution in [0.25, 0.3) is 11.4 Å². The Morgan fingerprint density at radius 2 is 2.00 bits per heavy atom. The zero-order valence-electron chi connectivity index (χ0n) is 16.1. The minimum absolute atomic E-state index is 0.190. The highest BCUT2D eigenvalue weighted by Gasteiger charge is 2.21. The summed E-state index contributed by atoms with van der Waals surface area (Å²) in [5.74, 6) is 0.446. The normalized spacial score (nSPS) is 11.9. The fourth-order valence-corrected chi connectivity index (χ4v) is 3.47. The molecule has 1 atom stereocenters. The SMILES string of the molecule is COc1ccc(C)cc1NC(=O)C(C)Sc1nnc(-c2ccccc2F)n1C. The number of rotatable bonds is 6. The Labute approximate surface area is 167 Å². The zero-order valence-corrected chi connectivity index (χ0v) is 16.9. The van der Waals surface area contributed by atoms with Gasteiger partial charge >= 0.3 is 0 Å². The maximum absolute atomic E-state index is 14.0. The van der Waals surface area contributed by atoms with E-state index in [0.29, 0.717) is 28.0 Å². The van der Waals surface area contributed by atoms with Gasteiger partial charge in [-0.15, -0.1) is 10.2 Å². The van der Waals surface area contributed by atoms with Crippen molar-refractivity contribution in [3.8, 4) is 17.1 Å². The molecule has 146 valence electrons. The molecule has 1 N–H and O–H groups in total. The summed E-state index contributed by atoms with van der Waals surface area (Å²) in [5, 5.41) is 11.2. The van der Waals surface area contributed by atoms with Crippen molar-refractivity contribution in [2.24, 2.45) is 7.05 Å². The maximum atomic E-state index is 14.0. The number of nitrogens with zero attached hydrogens (tertiary/aromatic N) is 3. The van der Waals surface area contributed by atoms with Gasteiger partial charge in [0.25, 0.3) is 0 Å². The first-order valence-electron chi connectivity index (χ1n) is 8.67. The summed E-state index contributed by atoms with van der Waals surface area (Å²) in [6, 6.07) is 12.0. The fourth-order valence-electron chi connectivity index (χ4n) is 2.66. The van der Waals surface area contributed by atoms with Gasteiger partial charge in [-0.05, 0) is 43.7 Å². The predicted molar refractivity (Wildman–Crippen MR) is 108 cm³/mol. The number of hydrogen-bond acceptors (Lipinski definition) is 5. The van der Waals surface area contributed by atoms with Gasteiger partial charge in [0.15, 0.2) is 11.0 Å². The molecule has 0 saturated heterocycles. The predicted octanol–water partition coefficient (Wildman–Crippen LogP) is 4.06. The molecule has 2 aromatic carbocycles. The summed E-state index contributed by atoms with van der Waals surface area (Å²) < 4.78 is 21.0. The Hall–Kier alpha value is -2.87. The van der Waals surface area contributed by atoms with E-state index in [4.69, 9.17) is 4.74 Å². The fraction of sp³-hybridized carbons (Fsp3) is 0.250. The van der Waals surface area contributed by atoms with Crippen molar-refractivity contribution >= 4 is 23.4 Å². The number of carbonyl (C=O) groups excluding carboxylic acids is 1. The van der Waals surface area contributed by atoms with E-state index in [2.05, 4.69) is 15.5 Å². The van der Waals surface area contributed by atoms with Gasteiger partial charge in [-0.25, -0.2) is 4.39 Å². The third-order valence-corrected chi connectivity index (χ3v) is 5.35. The molecule has 1 amide bonds. The van der Waals surface area contributed by atoms with E-state index in [1.807, 2.05) is 25.1 Å². The molecule has 0 fully saturated rings. The van der Waals surface area contributed by atoms with Gasteiger partial charge in [0.1, 0.15) is 11.6 Å². The van der Waals surface area contributed by atoms with E-state index >= 15 is 0 Å². The highest BCUT2D eigenvalue weighted by atomic mass is 32.2. The molecule has 1 aromatic heterocycles. The van der Waals surface area contributed by atoms with E-state index in [-0.39, 0.29) is 11.7 Å². The van der Waals surface area contributed by atoms with Crippen molar-refractivity contribution in [3.63, 3.8) is 0 Å². The van der Waals surface area contributed by atoms with Crippen LogP contribution >= 0.6 is 11.8 Å². The molecule has 8 heteroatoms. The van der Waals surface area contributed by atoms with Crippen LogP contribution in [0.4, 0.5) is 10.1 Å². The van der Waals surface area contributed by atoms with E-state index in [1.54, 1.807) is 43.8 Å². The smallest absolute Gasteiger partial charge is 0.237 e. The molecule has 28 heavy (non-hydrogen) atoms. The molecule has 3 aromatic rings. The van der Waals surface area contributed by atoms with Gasteiger partial charge in [0.2, 0.25) is 5.91 Å². The van der Waals surface area contributed by atoms with Gasteiger partial charge in [-0.2, -0.15) is 0 Å². The molecule has 6 nitrogen and oxygen atoms in total. The van der Waals surface area contributed by atoms with E-state index in [0.717, 1.165) is 5.56 Å². The quantitative estimate of drug-likeness (QED) is 0.632. The average molecular weight is 400 g/mol. The first-order valence-corrected chi connectivity index (χ1v) is 9.55. The molecule has 0 spiro atoms. The monoisotopic (exact) mass is 400 g/mol. The van der Waals surface area contributed by atoms with Crippen LogP contribution in [0.2, 0.25) is 0 Å². The Kier molecular flexibility index (Phi) is 5.99. The molecular weight excluding hydrogens is 379 g/mol. The van der Waals surface area contributed by atoms with Crippen LogP contribution in [0.3, 0.4) is 0 Å². The number of amides is 1. The first kappa shape index (κ1) is 19.9. The Bertz CT molecular complexity index is 1010. The molecule has 0 bridgehead atoms. The minimum Gasteiger partial charge on any atom is -0.495 e. The third-order valence-electron chi connectivity index (χ3n) is 4.21. The summed E-state index contributed by atoms with van der Waals surface area (Å²) in [7, 11) is 3.31. The second-order valence-electron chi connectivity index (χ2n) is 6.30. The van der Waals surface area contributed by atoms with Crippen molar-refractivity contribution in [2.45, 2.75) is 24.3 Å². The van der Waals surface area contributed by atoms with Crippen LogP contribution in [0.15, 0.2) is 47.6 Å². The lowest BCUT2D eigenvalue weighted by atomic mass is 10.2. The number of thioether (sulfide) groups is 1. The second kappa shape index (κ2) is 8.43. The van der Waals surface area contributed by atoms with Gasteiger partial charge in [-0.1, -0.05) is 30.0 Å². The van der Waals surface area contributed by atoms with Gasteiger partial charge in [-0.3, -0.25) is 4.79 Å². The number of ether oxygens (including phenoxy) is 1. The number of halogens is 1. The topological polar surface area (TPSA) is 69.0 Å². The minimum atomic E-state index is -0.443. The van der Waals surface area contributed by atoms with E-state index < -0.39 is 5.25 Å². The molecular formula is C20H21FN4O2S. The average Bonchev–Trinajstić information content (AvgIpc) is 3.02. The summed E-state index contributed by atoms with van der Waals surface area (Å²) >= 11 is 1.25. The highest BCUT2D eigenvalue weighted by molar-refractivity contribution is 8.00. The van der Waals surface area contributed by atoms with E-state index in [1.165, 1.54) is 17.8 Å². The number of aromatic nitrogens is 3. The molecule has 0 aliphatic heterocycles. The summed E-state index contributed by atoms with van der Waals surface area (Å²) in [4.78, 5) is 12.6. The largest absolute Gasteiger partial charge is 0.495 e. The highest BCUT2D eigenvalue weighted by Crippen LogP contribution is 2.29. The number of aryl methyl sites for hydroxylation is 1. The molecule has 3 rings (SSSR count). The van der Waals surface area contributed by atoms with Gasteiger partial charge < -0.3 is 14.6 Å². The standard InChI is InChI=1S/C20H21FN4O2S/c1-12-9-10-17(27-4)16(11-12)22-19(26)13(2)28-20-24-23-18(25(20)3)14-7-5-6-8-15(14)21/h5-11,13H,1-4H3,(H,22,26). The van der Waals surface area contributed by atoms with Crippen molar-refractivity contribution in [1.29, 1.82) is 0 Å². The number of benzene rings is 2. The summed E-state index contributed by atoms with van der Waals surface area (Å²) in [6.45, 7) is 3.72. The molecule has 1 unspecified atom stereocenters. The number of methoxy groups -OCH3 is 1. The van der Waals surface area contributed by atoms with E-state index in [9.17, 15) is 9.18 Å². The van der Waals surface area contributed by atoms with Crippen LogP contribution in [0, 0.1) is 12.7 Å². The van der Waals surface area contributed by atoms with Crippen LogP contribution in [-0.2, 0) is 11.8 Å². The Balaban J connectivity index is 1.75. The maximum Gasteiger partial charge on any atom is 0.237 e. The Morgan fingerprint density at radius 1 is 1.25 bits per heavy atom. The lowest BCUT2D eigenvalue weighted by Crippen LogP contribution is -2.23. The van der Waals surface area contributed by atoms with Crippen LogP contribution in [-0.4, -0.2) is 33.0 Å². The number of carbonyl (C=O) groups is 1. The zero-order chi connectivity index (χ0) is 20.3. The van der Waals surface area contributed by atoms with Crippen LogP contribution in [0.5, 0.6) is 5.75 Å². The lowest BCUT2D eigenvalue weighted by molar-refractivity contribution is -0.115. The molecule has 0 aliphatic rings. The second-order valence-corrected chi connectivity index (χ2v) is 7.61. The van der Waals surface area contributed by atoms with Crippen molar-refractivity contribution in [2.75, 3.05) is 12.4 Å². The van der Waals surface area contributed by atoms with Crippen LogP contribution < -0.4 is 10.1 Å². The first-order chi connectivity index (χ1) is 13.4. The molecule has 0 radical (unpaired) electrons. The van der Waals surface area contributed by atoms with Gasteiger partial charge in [0.05, 0.1) is 23.6 Å².